The number of oxazole rings is 1. The normalized spacial score (nSPS) is 12.8. The van der Waals surface area contributed by atoms with Crippen LogP contribution >= 0.6 is 0 Å². The minimum absolute atomic E-state index is 0.184. The Balaban J connectivity index is 1.90. The maximum absolute atomic E-state index is 5.50. The van der Waals surface area contributed by atoms with E-state index in [4.69, 9.17) is 4.42 Å². The van der Waals surface area contributed by atoms with Gasteiger partial charge in [-0.05, 0) is 39.0 Å². The molecule has 0 bridgehead atoms. The van der Waals surface area contributed by atoms with Crippen molar-refractivity contribution in [3.63, 3.8) is 0 Å². The second-order valence-corrected chi connectivity index (χ2v) is 5.49. The molecule has 0 aliphatic rings. The van der Waals surface area contributed by atoms with Gasteiger partial charge in [-0.25, -0.2) is 4.98 Å². The Labute approximate surface area is 124 Å². The standard InChI is InChI=1S/C16H20N4O/c1-9(16-10(2)19-20(5)11(16)3)17-13-6-7-15-14(8-13)18-12(4)21-15/h6-9,17H,1-5H3. The number of benzene rings is 1. The van der Waals surface area contributed by atoms with Crippen LogP contribution in [0, 0.1) is 20.8 Å². The van der Waals surface area contributed by atoms with Gasteiger partial charge in [-0.15, -0.1) is 0 Å². The molecule has 0 saturated carbocycles. The maximum Gasteiger partial charge on any atom is 0.192 e. The van der Waals surface area contributed by atoms with Crippen LogP contribution in [0.5, 0.6) is 0 Å². The molecule has 3 aromatic rings. The van der Waals surface area contributed by atoms with Crippen LogP contribution in [0.2, 0.25) is 0 Å². The lowest BCUT2D eigenvalue weighted by Crippen LogP contribution is -2.08. The summed E-state index contributed by atoms with van der Waals surface area (Å²) < 4.78 is 7.43. The molecule has 0 spiro atoms. The van der Waals surface area contributed by atoms with Gasteiger partial charge in [0.25, 0.3) is 0 Å². The SMILES string of the molecule is Cc1nc2cc(NC(C)c3c(C)nn(C)c3C)ccc2o1. The third kappa shape index (κ3) is 2.39. The number of anilines is 1. The van der Waals surface area contributed by atoms with E-state index in [-0.39, 0.29) is 6.04 Å². The average Bonchev–Trinajstić information content (AvgIpc) is 2.88. The fourth-order valence-corrected chi connectivity index (χ4v) is 2.87. The molecule has 110 valence electrons. The van der Waals surface area contributed by atoms with Crippen molar-refractivity contribution in [2.75, 3.05) is 5.32 Å². The number of nitrogens with zero attached hydrogens (tertiary/aromatic N) is 3. The third-order valence-corrected chi connectivity index (χ3v) is 3.88. The molecule has 1 N–H and O–H groups in total. The first kappa shape index (κ1) is 13.7. The van der Waals surface area contributed by atoms with Crippen LogP contribution in [0.3, 0.4) is 0 Å². The predicted octanol–water partition coefficient (Wildman–Crippen LogP) is 3.66. The number of hydrogen-bond donors (Lipinski definition) is 1. The first-order valence-electron chi connectivity index (χ1n) is 7.09. The Kier molecular flexibility index (Phi) is 3.20. The minimum atomic E-state index is 0.184. The molecular weight excluding hydrogens is 264 g/mol. The largest absolute Gasteiger partial charge is 0.441 e. The van der Waals surface area contributed by atoms with Gasteiger partial charge < -0.3 is 9.73 Å². The molecule has 1 unspecified atom stereocenters. The van der Waals surface area contributed by atoms with Crippen LogP contribution < -0.4 is 5.32 Å². The minimum Gasteiger partial charge on any atom is -0.441 e. The Morgan fingerprint density at radius 2 is 2.00 bits per heavy atom. The van der Waals surface area contributed by atoms with Crippen molar-refractivity contribution in [2.24, 2.45) is 7.05 Å². The summed E-state index contributed by atoms with van der Waals surface area (Å²) in [5.41, 5.74) is 6.22. The molecule has 0 saturated heterocycles. The summed E-state index contributed by atoms with van der Waals surface area (Å²) >= 11 is 0. The van der Waals surface area contributed by atoms with Crippen LogP contribution in [-0.2, 0) is 7.05 Å². The smallest absolute Gasteiger partial charge is 0.192 e. The molecule has 2 aromatic heterocycles. The molecule has 21 heavy (non-hydrogen) atoms. The Morgan fingerprint density at radius 1 is 1.24 bits per heavy atom. The van der Waals surface area contributed by atoms with Crippen molar-refractivity contribution in [1.82, 2.24) is 14.8 Å². The molecular formula is C16H20N4O. The van der Waals surface area contributed by atoms with Crippen LogP contribution in [0.1, 0.15) is 35.8 Å². The van der Waals surface area contributed by atoms with Crippen LogP contribution in [0.4, 0.5) is 5.69 Å². The van der Waals surface area contributed by atoms with E-state index in [0.29, 0.717) is 5.89 Å². The highest BCUT2D eigenvalue weighted by Crippen LogP contribution is 2.26. The summed E-state index contributed by atoms with van der Waals surface area (Å²) in [7, 11) is 1.97. The molecule has 1 aromatic carbocycles. The second kappa shape index (κ2) is 4.91. The molecule has 3 rings (SSSR count). The molecule has 0 radical (unpaired) electrons. The average molecular weight is 284 g/mol. The number of aromatic nitrogens is 3. The van der Waals surface area contributed by atoms with Gasteiger partial charge in [0.1, 0.15) is 5.52 Å². The fraction of sp³-hybridized carbons (Fsp3) is 0.375. The number of aryl methyl sites for hydroxylation is 3. The van der Waals surface area contributed by atoms with Crippen LogP contribution in [0.25, 0.3) is 11.1 Å². The first-order valence-corrected chi connectivity index (χ1v) is 7.09. The molecule has 5 nitrogen and oxygen atoms in total. The molecule has 0 fully saturated rings. The summed E-state index contributed by atoms with van der Waals surface area (Å²) in [5, 5.41) is 8.00. The lowest BCUT2D eigenvalue weighted by atomic mass is 10.1. The van der Waals surface area contributed by atoms with E-state index in [1.165, 1.54) is 11.3 Å². The topological polar surface area (TPSA) is 55.9 Å². The van der Waals surface area contributed by atoms with E-state index >= 15 is 0 Å². The van der Waals surface area contributed by atoms with Gasteiger partial charge in [-0.3, -0.25) is 4.68 Å². The monoisotopic (exact) mass is 284 g/mol. The van der Waals surface area contributed by atoms with Crippen LogP contribution in [-0.4, -0.2) is 14.8 Å². The van der Waals surface area contributed by atoms with Gasteiger partial charge in [-0.2, -0.15) is 5.10 Å². The highest BCUT2D eigenvalue weighted by Gasteiger charge is 2.16. The second-order valence-electron chi connectivity index (χ2n) is 5.49. The number of hydrogen-bond acceptors (Lipinski definition) is 4. The van der Waals surface area contributed by atoms with Crippen molar-refractivity contribution >= 4 is 16.8 Å². The van der Waals surface area contributed by atoms with Crippen molar-refractivity contribution in [3.05, 3.63) is 41.0 Å². The first-order chi connectivity index (χ1) is 9.95. The Hall–Kier alpha value is -2.30. The van der Waals surface area contributed by atoms with Crippen molar-refractivity contribution in [2.45, 2.75) is 33.7 Å². The molecule has 0 aliphatic carbocycles. The zero-order chi connectivity index (χ0) is 15.1. The molecule has 0 amide bonds. The predicted molar refractivity (Wildman–Crippen MR) is 83.5 cm³/mol. The van der Waals surface area contributed by atoms with Gasteiger partial charge in [0.05, 0.1) is 11.7 Å². The highest BCUT2D eigenvalue weighted by molar-refractivity contribution is 5.77. The van der Waals surface area contributed by atoms with Gasteiger partial charge in [0, 0.05) is 30.9 Å². The summed E-state index contributed by atoms with van der Waals surface area (Å²) in [6.45, 7) is 8.15. The summed E-state index contributed by atoms with van der Waals surface area (Å²) in [4.78, 5) is 4.37. The Bertz CT molecular complexity index is 800. The summed E-state index contributed by atoms with van der Waals surface area (Å²) in [6.07, 6.45) is 0. The number of nitrogens with one attached hydrogen (secondary N) is 1. The van der Waals surface area contributed by atoms with Gasteiger partial charge >= 0.3 is 0 Å². The van der Waals surface area contributed by atoms with E-state index < -0.39 is 0 Å². The van der Waals surface area contributed by atoms with E-state index in [1.807, 2.05) is 43.8 Å². The third-order valence-electron chi connectivity index (χ3n) is 3.88. The fourth-order valence-electron chi connectivity index (χ4n) is 2.87. The molecule has 5 heteroatoms. The van der Waals surface area contributed by atoms with E-state index in [1.54, 1.807) is 0 Å². The zero-order valence-corrected chi connectivity index (χ0v) is 13.1. The summed E-state index contributed by atoms with van der Waals surface area (Å²) in [6, 6.07) is 6.17. The summed E-state index contributed by atoms with van der Waals surface area (Å²) in [5.74, 6) is 0.689. The van der Waals surface area contributed by atoms with E-state index in [0.717, 1.165) is 22.5 Å². The van der Waals surface area contributed by atoms with Crippen molar-refractivity contribution in [3.8, 4) is 0 Å². The van der Waals surface area contributed by atoms with Crippen molar-refractivity contribution in [1.29, 1.82) is 0 Å². The van der Waals surface area contributed by atoms with Crippen molar-refractivity contribution < 1.29 is 4.42 Å². The molecule has 2 heterocycles. The number of fused-ring (bicyclic) bond motifs is 1. The highest BCUT2D eigenvalue weighted by atomic mass is 16.3. The van der Waals surface area contributed by atoms with E-state index in [9.17, 15) is 0 Å². The quantitative estimate of drug-likeness (QED) is 0.797. The maximum atomic E-state index is 5.50. The number of rotatable bonds is 3. The van der Waals surface area contributed by atoms with E-state index in [2.05, 4.69) is 29.2 Å². The lowest BCUT2D eigenvalue weighted by molar-refractivity contribution is 0.561. The molecule has 1 atom stereocenters. The van der Waals surface area contributed by atoms with Gasteiger partial charge in [0.15, 0.2) is 11.5 Å². The van der Waals surface area contributed by atoms with Gasteiger partial charge in [-0.1, -0.05) is 0 Å². The van der Waals surface area contributed by atoms with Crippen LogP contribution in [0.15, 0.2) is 22.6 Å². The Morgan fingerprint density at radius 3 is 2.67 bits per heavy atom. The molecule has 0 aliphatic heterocycles. The zero-order valence-electron chi connectivity index (χ0n) is 13.1. The van der Waals surface area contributed by atoms with Gasteiger partial charge in [0.2, 0.25) is 0 Å². The lowest BCUT2D eigenvalue weighted by Gasteiger charge is -2.16.